The lowest BCUT2D eigenvalue weighted by Crippen LogP contribution is -2.28. The average Bonchev–Trinajstić information content (AvgIpc) is 3.72. The number of unbranched alkanes of at least 4 members (excludes halogenated alkanes) is 9. The molecule has 0 aliphatic carbocycles. The van der Waals surface area contributed by atoms with Crippen LogP contribution in [0.1, 0.15) is 143 Å². The SMILES string of the molecule is CCCCCC1OC1C/C=C\C/C=C\C/C=C\CCCC(=O)OC[C@H](CO)OC(=O)CCCCCCCCCC(C)C. The number of epoxide rings is 1. The zero-order valence-corrected chi connectivity index (χ0v) is 27.1. The van der Waals surface area contributed by atoms with Crippen LogP contribution in [0.4, 0.5) is 0 Å². The minimum Gasteiger partial charge on any atom is -0.462 e. The second-order valence-corrected chi connectivity index (χ2v) is 12.1. The summed E-state index contributed by atoms with van der Waals surface area (Å²) in [7, 11) is 0. The first kappa shape index (κ1) is 38.1. The Morgan fingerprint density at radius 2 is 1.40 bits per heavy atom. The summed E-state index contributed by atoms with van der Waals surface area (Å²) >= 11 is 0. The molecule has 0 aromatic rings. The maximum absolute atomic E-state index is 12.1. The third-order valence-electron chi connectivity index (χ3n) is 7.54. The van der Waals surface area contributed by atoms with Crippen molar-refractivity contribution in [3.63, 3.8) is 0 Å². The number of aliphatic hydroxyl groups excluding tert-OH is 1. The molecular weight excluding hydrogens is 528 g/mol. The number of allylic oxidation sites excluding steroid dienone is 5. The number of carbonyl (C=O) groups excluding carboxylic acids is 2. The highest BCUT2D eigenvalue weighted by atomic mass is 16.6. The van der Waals surface area contributed by atoms with Crippen molar-refractivity contribution >= 4 is 11.9 Å². The Labute approximate surface area is 257 Å². The van der Waals surface area contributed by atoms with Gasteiger partial charge in [0, 0.05) is 12.8 Å². The van der Waals surface area contributed by atoms with Gasteiger partial charge in [0.2, 0.25) is 0 Å². The van der Waals surface area contributed by atoms with Crippen molar-refractivity contribution in [3.05, 3.63) is 36.5 Å². The van der Waals surface area contributed by atoms with Gasteiger partial charge in [0.1, 0.15) is 6.61 Å². The number of carbonyl (C=O) groups is 2. The molecule has 0 amide bonds. The predicted molar refractivity (Wildman–Crippen MR) is 172 cm³/mol. The summed E-state index contributed by atoms with van der Waals surface area (Å²) in [5.74, 6) is 0.117. The summed E-state index contributed by atoms with van der Waals surface area (Å²) in [6, 6.07) is 0. The van der Waals surface area contributed by atoms with Crippen LogP contribution in [-0.2, 0) is 23.8 Å². The smallest absolute Gasteiger partial charge is 0.306 e. The zero-order chi connectivity index (χ0) is 30.7. The van der Waals surface area contributed by atoms with Crippen LogP contribution < -0.4 is 0 Å². The van der Waals surface area contributed by atoms with Gasteiger partial charge in [-0.2, -0.15) is 0 Å². The number of ether oxygens (including phenoxy) is 3. The van der Waals surface area contributed by atoms with Crippen LogP contribution in [-0.4, -0.2) is 48.6 Å². The minimum absolute atomic E-state index is 0.0975. The molecule has 1 aliphatic heterocycles. The summed E-state index contributed by atoms with van der Waals surface area (Å²) in [5.41, 5.74) is 0. The van der Waals surface area contributed by atoms with Crippen molar-refractivity contribution in [2.24, 2.45) is 5.92 Å². The molecule has 0 spiro atoms. The zero-order valence-electron chi connectivity index (χ0n) is 27.1. The molecule has 6 heteroatoms. The van der Waals surface area contributed by atoms with Crippen LogP contribution in [0.25, 0.3) is 0 Å². The predicted octanol–water partition coefficient (Wildman–Crippen LogP) is 8.96. The molecule has 0 aromatic heterocycles. The van der Waals surface area contributed by atoms with E-state index in [0.29, 0.717) is 31.5 Å². The molecule has 3 atom stereocenters. The molecule has 1 fully saturated rings. The number of hydrogen-bond donors (Lipinski definition) is 1. The third-order valence-corrected chi connectivity index (χ3v) is 7.54. The van der Waals surface area contributed by atoms with Gasteiger partial charge in [0.05, 0.1) is 18.8 Å². The van der Waals surface area contributed by atoms with Crippen molar-refractivity contribution in [2.75, 3.05) is 13.2 Å². The molecule has 42 heavy (non-hydrogen) atoms. The van der Waals surface area contributed by atoms with Crippen molar-refractivity contribution in [1.29, 1.82) is 0 Å². The number of rotatable bonds is 28. The van der Waals surface area contributed by atoms with E-state index in [1.807, 2.05) is 0 Å². The first-order chi connectivity index (χ1) is 20.5. The highest BCUT2D eigenvalue weighted by Gasteiger charge is 2.36. The Bertz CT molecular complexity index is 756. The Kier molecular flexibility index (Phi) is 24.2. The molecule has 6 nitrogen and oxygen atoms in total. The van der Waals surface area contributed by atoms with Gasteiger partial charge < -0.3 is 19.3 Å². The van der Waals surface area contributed by atoms with E-state index in [1.165, 1.54) is 57.8 Å². The van der Waals surface area contributed by atoms with Gasteiger partial charge in [-0.1, -0.05) is 121 Å². The summed E-state index contributed by atoms with van der Waals surface area (Å²) in [5, 5.41) is 9.49. The molecular formula is C36H62O6. The lowest BCUT2D eigenvalue weighted by atomic mass is 10.0. The maximum atomic E-state index is 12.1. The summed E-state index contributed by atoms with van der Waals surface area (Å²) in [4.78, 5) is 24.1. The van der Waals surface area contributed by atoms with E-state index in [-0.39, 0.29) is 25.2 Å². The molecule has 1 heterocycles. The first-order valence-electron chi connectivity index (χ1n) is 17.0. The minimum atomic E-state index is -0.793. The van der Waals surface area contributed by atoms with Gasteiger partial charge in [0.15, 0.2) is 6.10 Å². The Balaban J connectivity index is 1.96. The van der Waals surface area contributed by atoms with Crippen molar-refractivity contribution < 1.29 is 28.9 Å². The molecule has 242 valence electrons. The fraction of sp³-hybridized carbons (Fsp3) is 0.778. The Morgan fingerprint density at radius 1 is 0.762 bits per heavy atom. The van der Waals surface area contributed by atoms with Crippen molar-refractivity contribution in [3.8, 4) is 0 Å². The van der Waals surface area contributed by atoms with E-state index in [1.54, 1.807) is 0 Å². The molecule has 2 unspecified atom stereocenters. The van der Waals surface area contributed by atoms with E-state index < -0.39 is 6.10 Å². The summed E-state index contributed by atoms with van der Waals surface area (Å²) in [6.45, 7) is 6.31. The van der Waals surface area contributed by atoms with Gasteiger partial charge in [-0.05, 0) is 50.9 Å². The maximum Gasteiger partial charge on any atom is 0.306 e. The van der Waals surface area contributed by atoms with E-state index in [9.17, 15) is 14.7 Å². The van der Waals surface area contributed by atoms with Crippen LogP contribution in [0.15, 0.2) is 36.5 Å². The molecule has 0 bridgehead atoms. The molecule has 0 radical (unpaired) electrons. The van der Waals surface area contributed by atoms with Crippen molar-refractivity contribution in [2.45, 2.75) is 161 Å². The standard InChI is InChI=1S/C36H62O6/c1-4-5-19-25-33-34(42-33)26-21-16-12-8-6-7-9-13-17-22-27-35(38)40-30-32(29-37)41-36(39)28-23-18-14-10-11-15-20-24-31(2)3/h6,8-9,13,16,21,31-34,37H,4-5,7,10-12,14-15,17-20,22-30H2,1-3H3/b8-6-,13-9-,21-16-/t32-,33?,34?/m0/s1. The summed E-state index contributed by atoms with van der Waals surface area (Å²) < 4.78 is 16.2. The van der Waals surface area contributed by atoms with Crippen molar-refractivity contribution in [1.82, 2.24) is 0 Å². The Hall–Kier alpha value is -1.92. The normalized spacial score (nSPS) is 17.5. The topological polar surface area (TPSA) is 85.4 Å². The molecule has 1 rings (SSSR count). The van der Waals surface area contributed by atoms with Crippen LogP contribution in [0, 0.1) is 5.92 Å². The van der Waals surface area contributed by atoms with Crippen LogP contribution in [0.2, 0.25) is 0 Å². The third kappa shape index (κ3) is 23.6. The fourth-order valence-electron chi connectivity index (χ4n) is 4.82. The van der Waals surface area contributed by atoms with Gasteiger partial charge >= 0.3 is 11.9 Å². The lowest BCUT2D eigenvalue weighted by molar-refractivity contribution is -0.161. The Morgan fingerprint density at radius 3 is 2.10 bits per heavy atom. The van der Waals surface area contributed by atoms with Crippen LogP contribution in [0.3, 0.4) is 0 Å². The number of esters is 2. The van der Waals surface area contributed by atoms with Gasteiger partial charge in [-0.3, -0.25) is 9.59 Å². The fourth-order valence-corrected chi connectivity index (χ4v) is 4.82. The monoisotopic (exact) mass is 590 g/mol. The van der Waals surface area contributed by atoms with E-state index in [4.69, 9.17) is 14.2 Å². The molecule has 0 aromatic carbocycles. The van der Waals surface area contributed by atoms with Gasteiger partial charge in [0.25, 0.3) is 0 Å². The lowest BCUT2D eigenvalue weighted by Gasteiger charge is -2.15. The second kappa shape index (κ2) is 26.7. The van der Waals surface area contributed by atoms with Crippen LogP contribution >= 0.6 is 0 Å². The van der Waals surface area contributed by atoms with E-state index in [0.717, 1.165) is 50.9 Å². The highest BCUT2D eigenvalue weighted by Crippen LogP contribution is 2.30. The second-order valence-electron chi connectivity index (χ2n) is 12.1. The molecule has 1 saturated heterocycles. The number of aliphatic hydroxyl groups is 1. The molecule has 0 saturated carbocycles. The summed E-state index contributed by atoms with van der Waals surface area (Å²) in [6.07, 6.45) is 32.5. The van der Waals surface area contributed by atoms with Crippen LogP contribution in [0.5, 0.6) is 0 Å². The quantitative estimate of drug-likeness (QED) is 0.0424. The molecule has 1 aliphatic rings. The van der Waals surface area contributed by atoms with Gasteiger partial charge in [-0.25, -0.2) is 0 Å². The van der Waals surface area contributed by atoms with E-state index >= 15 is 0 Å². The number of hydrogen-bond acceptors (Lipinski definition) is 6. The first-order valence-corrected chi connectivity index (χ1v) is 17.0. The van der Waals surface area contributed by atoms with E-state index in [2.05, 4.69) is 57.2 Å². The molecule has 1 N–H and O–H groups in total. The largest absolute Gasteiger partial charge is 0.462 e. The average molecular weight is 591 g/mol. The van der Waals surface area contributed by atoms with Gasteiger partial charge in [-0.15, -0.1) is 0 Å². The highest BCUT2D eigenvalue weighted by molar-refractivity contribution is 5.70.